The minimum absolute atomic E-state index is 0.0593. The van der Waals surface area contributed by atoms with Gasteiger partial charge in [0, 0.05) is 5.57 Å². The number of hydrogen-bond acceptors (Lipinski definition) is 4. The van der Waals surface area contributed by atoms with Gasteiger partial charge in [-0.1, -0.05) is 13.5 Å². The van der Waals surface area contributed by atoms with Crippen molar-refractivity contribution in [3.05, 3.63) is 12.2 Å². The van der Waals surface area contributed by atoms with Gasteiger partial charge in [0.1, 0.15) is 0 Å². The van der Waals surface area contributed by atoms with E-state index in [1.165, 1.54) is 0 Å². The fourth-order valence-electron chi connectivity index (χ4n) is 1.44. The summed E-state index contributed by atoms with van der Waals surface area (Å²) in [4.78, 5) is 11.2. The molecule has 0 aliphatic rings. The van der Waals surface area contributed by atoms with Gasteiger partial charge in [-0.05, 0) is 39.0 Å². The van der Waals surface area contributed by atoms with E-state index in [4.69, 9.17) is 9.84 Å². The molecule has 0 rings (SSSR count). The van der Waals surface area contributed by atoms with Crippen molar-refractivity contribution >= 4 is 5.97 Å². The zero-order chi connectivity index (χ0) is 13.4. The smallest absolute Gasteiger partial charge is 0.333 e. The Morgan fingerprint density at radius 2 is 1.94 bits per heavy atom. The summed E-state index contributed by atoms with van der Waals surface area (Å²) in [6.45, 7) is 8.66. The fourth-order valence-corrected chi connectivity index (χ4v) is 1.44. The van der Waals surface area contributed by atoms with Crippen LogP contribution < -0.4 is 0 Å². The highest BCUT2D eigenvalue weighted by Crippen LogP contribution is 2.14. The van der Waals surface area contributed by atoms with Crippen molar-refractivity contribution in [1.82, 2.24) is 0 Å². The number of aliphatic hydroxyl groups excluding tert-OH is 2. The molecule has 17 heavy (non-hydrogen) atoms. The molecule has 0 fully saturated rings. The summed E-state index contributed by atoms with van der Waals surface area (Å²) in [5, 5.41) is 18.1. The van der Waals surface area contributed by atoms with E-state index in [9.17, 15) is 9.90 Å². The van der Waals surface area contributed by atoms with Crippen LogP contribution in [0.1, 0.15) is 40.0 Å². The Balaban J connectivity index is 3.74. The van der Waals surface area contributed by atoms with Crippen molar-refractivity contribution in [3.63, 3.8) is 0 Å². The number of carbonyl (C=O) groups excluding carboxylic acids is 1. The van der Waals surface area contributed by atoms with E-state index in [-0.39, 0.29) is 24.6 Å². The Kier molecular flexibility index (Phi) is 7.83. The Hall–Kier alpha value is -0.870. The first-order chi connectivity index (χ1) is 7.88. The number of hydrogen-bond donors (Lipinski definition) is 2. The minimum atomic E-state index is -0.664. The second kappa shape index (κ2) is 8.25. The first-order valence-corrected chi connectivity index (χ1v) is 6.03. The van der Waals surface area contributed by atoms with E-state index in [0.29, 0.717) is 5.57 Å². The monoisotopic (exact) mass is 244 g/mol. The second-order valence-corrected chi connectivity index (χ2v) is 4.65. The van der Waals surface area contributed by atoms with Crippen molar-refractivity contribution in [2.24, 2.45) is 5.92 Å². The van der Waals surface area contributed by atoms with Gasteiger partial charge in [0.25, 0.3) is 0 Å². The third-order valence-electron chi connectivity index (χ3n) is 2.77. The van der Waals surface area contributed by atoms with Crippen LogP contribution in [0.15, 0.2) is 12.2 Å². The minimum Gasteiger partial charge on any atom is -0.459 e. The number of ether oxygens (including phenoxy) is 1. The molecule has 4 nitrogen and oxygen atoms in total. The van der Waals surface area contributed by atoms with Crippen LogP contribution in [-0.2, 0) is 9.53 Å². The molecule has 4 heteroatoms. The molecule has 0 aromatic heterocycles. The summed E-state index contributed by atoms with van der Waals surface area (Å²) < 4.78 is 5.13. The van der Waals surface area contributed by atoms with Crippen molar-refractivity contribution < 1.29 is 19.7 Å². The molecule has 0 spiro atoms. The van der Waals surface area contributed by atoms with Gasteiger partial charge in [0.15, 0.2) is 0 Å². The molecule has 0 radical (unpaired) electrons. The summed E-state index contributed by atoms with van der Waals surface area (Å²) >= 11 is 0. The summed E-state index contributed by atoms with van der Waals surface area (Å²) in [6, 6.07) is 0. The van der Waals surface area contributed by atoms with Gasteiger partial charge in [-0.3, -0.25) is 0 Å². The molecule has 1 unspecified atom stereocenters. The van der Waals surface area contributed by atoms with Crippen LogP contribution in [0.5, 0.6) is 0 Å². The van der Waals surface area contributed by atoms with Crippen LogP contribution in [0, 0.1) is 5.92 Å². The SMILES string of the molecule is C=C(C)C(=O)O[C@@H](C)CCCC(C)[C@@H](O)CO. The normalized spacial score (nSPS) is 16.1. The quantitative estimate of drug-likeness (QED) is 0.503. The molecule has 3 atom stereocenters. The summed E-state index contributed by atoms with van der Waals surface area (Å²) in [7, 11) is 0. The number of carbonyl (C=O) groups is 1. The molecule has 0 aliphatic carbocycles. The fraction of sp³-hybridized carbons (Fsp3) is 0.769. The van der Waals surface area contributed by atoms with Gasteiger partial charge in [-0.15, -0.1) is 0 Å². The molecular formula is C13H24O4. The zero-order valence-corrected chi connectivity index (χ0v) is 11.0. The second-order valence-electron chi connectivity index (χ2n) is 4.65. The first-order valence-electron chi connectivity index (χ1n) is 6.03. The molecule has 0 saturated carbocycles. The van der Waals surface area contributed by atoms with Crippen molar-refractivity contribution in [1.29, 1.82) is 0 Å². The molecule has 0 aromatic carbocycles. The number of aliphatic hydroxyl groups is 2. The molecule has 100 valence electrons. The standard InChI is InChI=1S/C13H24O4/c1-9(2)13(16)17-11(4)7-5-6-10(3)12(15)8-14/h10-12,14-15H,1,5-8H2,2-4H3/t10?,11-,12-/m0/s1. The molecule has 0 bridgehead atoms. The highest BCUT2D eigenvalue weighted by molar-refractivity contribution is 5.87. The maximum Gasteiger partial charge on any atom is 0.333 e. The van der Waals surface area contributed by atoms with Crippen molar-refractivity contribution in [2.45, 2.75) is 52.2 Å². The van der Waals surface area contributed by atoms with Gasteiger partial charge in [0.05, 0.1) is 18.8 Å². The molecule has 0 heterocycles. The van der Waals surface area contributed by atoms with Crippen LogP contribution in [0.25, 0.3) is 0 Å². The zero-order valence-electron chi connectivity index (χ0n) is 11.0. The van der Waals surface area contributed by atoms with Crippen LogP contribution in [0.4, 0.5) is 0 Å². The molecule has 0 amide bonds. The van der Waals surface area contributed by atoms with Gasteiger partial charge < -0.3 is 14.9 Å². The summed E-state index contributed by atoms with van der Waals surface area (Å²) in [5.41, 5.74) is 0.404. The van der Waals surface area contributed by atoms with Crippen molar-refractivity contribution in [3.8, 4) is 0 Å². The topological polar surface area (TPSA) is 66.8 Å². The largest absolute Gasteiger partial charge is 0.459 e. The number of rotatable bonds is 8. The van der Waals surface area contributed by atoms with Crippen LogP contribution >= 0.6 is 0 Å². The third kappa shape index (κ3) is 7.13. The lowest BCUT2D eigenvalue weighted by Gasteiger charge is -2.18. The predicted molar refractivity (Wildman–Crippen MR) is 66.5 cm³/mol. The number of esters is 1. The first kappa shape index (κ1) is 16.1. The van der Waals surface area contributed by atoms with E-state index in [0.717, 1.165) is 19.3 Å². The summed E-state index contributed by atoms with van der Waals surface area (Å²) in [6.07, 6.45) is 1.60. The lowest BCUT2D eigenvalue weighted by molar-refractivity contribution is -0.143. The van der Waals surface area contributed by atoms with Gasteiger partial charge in [-0.25, -0.2) is 4.79 Å². The Labute approximate surface area is 103 Å². The Morgan fingerprint density at radius 1 is 1.35 bits per heavy atom. The van der Waals surface area contributed by atoms with E-state index in [2.05, 4.69) is 6.58 Å². The van der Waals surface area contributed by atoms with E-state index >= 15 is 0 Å². The van der Waals surface area contributed by atoms with Crippen LogP contribution in [-0.4, -0.2) is 35.0 Å². The maximum absolute atomic E-state index is 11.2. The average molecular weight is 244 g/mol. The highest BCUT2D eigenvalue weighted by Gasteiger charge is 2.14. The van der Waals surface area contributed by atoms with Crippen LogP contribution in [0.3, 0.4) is 0 Å². The van der Waals surface area contributed by atoms with E-state index in [1.54, 1.807) is 6.92 Å². The Bertz CT molecular complexity index is 250. The van der Waals surface area contributed by atoms with Gasteiger partial charge in [0.2, 0.25) is 0 Å². The maximum atomic E-state index is 11.2. The van der Waals surface area contributed by atoms with Gasteiger partial charge >= 0.3 is 5.97 Å². The highest BCUT2D eigenvalue weighted by atomic mass is 16.5. The average Bonchev–Trinajstić information content (AvgIpc) is 2.27. The third-order valence-corrected chi connectivity index (χ3v) is 2.77. The molecule has 0 aliphatic heterocycles. The van der Waals surface area contributed by atoms with E-state index < -0.39 is 6.10 Å². The lowest BCUT2D eigenvalue weighted by Crippen LogP contribution is -2.22. The van der Waals surface area contributed by atoms with Crippen LogP contribution in [0.2, 0.25) is 0 Å². The van der Waals surface area contributed by atoms with Crippen molar-refractivity contribution in [2.75, 3.05) is 6.61 Å². The Morgan fingerprint density at radius 3 is 2.41 bits per heavy atom. The molecular weight excluding hydrogens is 220 g/mol. The summed E-state index contributed by atoms with van der Waals surface area (Å²) in [5.74, 6) is -0.301. The predicted octanol–water partition coefficient (Wildman–Crippen LogP) is 1.65. The molecule has 0 saturated heterocycles. The molecule has 0 aromatic rings. The van der Waals surface area contributed by atoms with E-state index in [1.807, 2.05) is 13.8 Å². The lowest BCUT2D eigenvalue weighted by atomic mass is 9.97. The van der Waals surface area contributed by atoms with Gasteiger partial charge in [-0.2, -0.15) is 0 Å². The molecule has 2 N–H and O–H groups in total.